The number of ether oxygens (including phenoxy) is 4. The predicted octanol–water partition coefficient (Wildman–Crippen LogP) is 4.22. The van der Waals surface area contributed by atoms with Gasteiger partial charge in [0.15, 0.2) is 17.2 Å². The zero-order valence-electron chi connectivity index (χ0n) is 21.4. The quantitative estimate of drug-likeness (QED) is 0.299. The fourth-order valence-corrected chi connectivity index (χ4v) is 4.82. The molecule has 0 radical (unpaired) electrons. The van der Waals surface area contributed by atoms with Crippen LogP contribution in [-0.4, -0.2) is 49.1 Å². The van der Waals surface area contributed by atoms with E-state index in [2.05, 4.69) is 10.4 Å². The van der Waals surface area contributed by atoms with E-state index in [4.69, 9.17) is 18.9 Å². The first kappa shape index (κ1) is 26.7. The van der Waals surface area contributed by atoms with Crippen molar-refractivity contribution in [2.24, 2.45) is 0 Å². The van der Waals surface area contributed by atoms with Crippen molar-refractivity contribution in [2.45, 2.75) is 20.3 Å². The number of carbonyl (C=O) groups excluding carboxylic acids is 2. The molecule has 1 amide bonds. The number of hydrogen-bond donors (Lipinski definition) is 1. The molecule has 0 saturated carbocycles. The van der Waals surface area contributed by atoms with Crippen molar-refractivity contribution < 1.29 is 28.5 Å². The molecule has 0 saturated heterocycles. The Labute approximate surface area is 222 Å². The lowest BCUT2D eigenvalue weighted by atomic mass is 10.1. The number of amides is 1. The molecule has 10 nitrogen and oxygen atoms in total. The molecule has 0 unspecified atom stereocenters. The van der Waals surface area contributed by atoms with Gasteiger partial charge in [0, 0.05) is 10.8 Å². The number of nitrogens with zero attached hydrogens (tertiary/aromatic N) is 2. The van der Waals surface area contributed by atoms with E-state index in [0.29, 0.717) is 45.5 Å². The molecule has 0 fully saturated rings. The number of thiophene rings is 1. The Bertz CT molecular complexity index is 1530. The minimum atomic E-state index is -0.668. The van der Waals surface area contributed by atoms with E-state index in [9.17, 15) is 14.4 Å². The summed E-state index contributed by atoms with van der Waals surface area (Å²) in [5.41, 5.74) is 0.619. The average molecular weight is 538 g/mol. The largest absolute Gasteiger partial charge is 0.494 e. The number of methoxy groups -OCH3 is 2. The van der Waals surface area contributed by atoms with Crippen LogP contribution in [0.15, 0.2) is 52.6 Å². The second-order valence-electron chi connectivity index (χ2n) is 7.98. The highest BCUT2D eigenvalue weighted by molar-refractivity contribution is 7.16. The number of esters is 1. The summed E-state index contributed by atoms with van der Waals surface area (Å²) in [6.07, 6.45) is 0.0304. The van der Waals surface area contributed by atoms with Crippen molar-refractivity contribution in [3.8, 4) is 22.9 Å². The number of fused-ring (bicyclic) bond motifs is 1. The number of rotatable bonds is 10. The second kappa shape index (κ2) is 11.8. The molecule has 0 aliphatic heterocycles. The van der Waals surface area contributed by atoms with Gasteiger partial charge in [-0.15, -0.1) is 11.3 Å². The SMILES string of the molecule is CCOC(=O)c1nn(-c2ccc(OCC)cc2)c(=O)c2c(NC(=O)Cc3ccc(OC)c(OC)c3)scc12. The van der Waals surface area contributed by atoms with Gasteiger partial charge >= 0.3 is 5.97 Å². The summed E-state index contributed by atoms with van der Waals surface area (Å²) in [6, 6.07) is 11.9. The number of hydrogen-bond acceptors (Lipinski definition) is 9. The van der Waals surface area contributed by atoms with Gasteiger partial charge in [-0.25, -0.2) is 4.79 Å². The zero-order valence-corrected chi connectivity index (χ0v) is 22.2. The van der Waals surface area contributed by atoms with Crippen molar-refractivity contribution >= 4 is 39.0 Å². The van der Waals surface area contributed by atoms with Crippen LogP contribution >= 0.6 is 11.3 Å². The van der Waals surface area contributed by atoms with Crippen LogP contribution in [0.5, 0.6) is 17.2 Å². The summed E-state index contributed by atoms with van der Waals surface area (Å²) in [6.45, 7) is 4.20. The van der Waals surface area contributed by atoms with Gasteiger partial charge in [0.05, 0.1) is 44.9 Å². The first-order valence-corrected chi connectivity index (χ1v) is 12.7. The number of nitrogens with one attached hydrogen (secondary N) is 1. The van der Waals surface area contributed by atoms with Crippen molar-refractivity contribution in [1.82, 2.24) is 9.78 Å². The molecule has 2 heterocycles. The van der Waals surface area contributed by atoms with Gasteiger partial charge in [-0.3, -0.25) is 9.59 Å². The normalized spacial score (nSPS) is 10.7. The van der Waals surface area contributed by atoms with E-state index in [1.807, 2.05) is 6.92 Å². The highest BCUT2D eigenvalue weighted by atomic mass is 32.1. The first-order valence-electron chi connectivity index (χ1n) is 11.9. The molecule has 0 spiro atoms. The van der Waals surface area contributed by atoms with Crippen LogP contribution in [0.4, 0.5) is 5.00 Å². The Morgan fingerprint density at radius 2 is 1.74 bits per heavy atom. The molecule has 2 aromatic carbocycles. The molecule has 4 aromatic rings. The van der Waals surface area contributed by atoms with E-state index in [0.717, 1.165) is 16.0 Å². The summed E-state index contributed by atoms with van der Waals surface area (Å²) < 4.78 is 22.3. The standard InChI is InChI=1S/C27H27N3O7S/c1-5-36-18-10-8-17(9-11-18)30-26(32)23-19(24(29-30)27(33)37-6-2)15-38-25(23)28-22(31)14-16-7-12-20(34-3)21(13-16)35-4/h7-13,15H,5-6,14H2,1-4H3,(H,28,31). The number of carbonyl (C=O) groups is 2. The summed E-state index contributed by atoms with van der Waals surface area (Å²) in [4.78, 5) is 39.3. The van der Waals surface area contributed by atoms with Gasteiger partial charge in [0.2, 0.25) is 5.91 Å². The minimum absolute atomic E-state index is 0.0213. The predicted molar refractivity (Wildman–Crippen MR) is 144 cm³/mol. The van der Waals surface area contributed by atoms with E-state index < -0.39 is 11.5 Å². The van der Waals surface area contributed by atoms with Crippen molar-refractivity contribution in [2.75, 3.05) is 32.8 Å². The highest BCUT2D eigenvalue weighted by Gasteiger charge is 2.23. The maximum Gasteiger partial charge on any atom is 0.359 e. The number of anilines is 1. The third kappa shape index (κ3) is 5.47. The fourth-order valence-electron chi connectivity index (χ4n) is 3.86. The molecule has 0 aliphatic carbocycles. The number of aromatic nitrogens is 2. The molecule has 11 heteroatoms. The average Bonchev–Trinajstić information content (AvgIpc) is 3.33. The molecule has 0 aliphatic rings. The first-order chi connectivity index (χ1) is 18.4. The van der Waals surface area contributed by atoms with Gasteiger partial charge in [-0.2, -0.15) is 9.78 Å². The molecule has 0 bridgehead atoms. The van der Waals surface area contributed by atoms with Crippen molar-refractivity contribution in [3.05, 3.63) is 69.5 Å². The summed E-state index contributed by atoms with van der Waals surface area (Å²) in [5, 5.41) is 9.54. The smallest absolute Gasteiger partial charge is 0.359 e. The van der Waals surface area contributed by atoms with Crippen molar-refractivity contribution in [1.29, 1.82) is 0 Å². The van der Waals surface area contributed by atoms with Crippen LogP contribution in [0.2, 0.25) is 0 Å². The molecule has 198 valence electrons. The molecular weight excluding hydrogens is 510 g/mol. The van der Waals surface area contributed by atoms with Crippen LogP contribution in [0.1, 0.15) is 29.9 Å². The lowest BCUT2D eigenvalue weighted by Crippen LogP contribution is -2.25. The highest BCUT2D eigenvalue weighted by Crippen LogP contribution is 2.32. The Hall–Kier alpha value is -4.38. The Kier molecular flexibility index (Phi) is 8.27. The fraction of sp³-hybridized carbons (Fsp3) is 0.259. The van der Waals surface area contributed by atoms with Crippen molar-refractivity contribution in [3.63, 3.8) is 0 Å². The van der Waals surface area contributed by atoms with Crippen LogP contribution in [0.3, 0.4) is 0 Å². The molecule has 0 atom stereocenters. The monoisotopic (exact) mass is 537 g/mol. The molecule has 38 heavy (non-hydrogen) atoms. The van der Waals surface area contributed by atoms with Gasteiger partial charge < -0.3 is 24.3 Å². The zero-order chi connectivity index (χ0) is 27.2. The van der Waals surface area contributed by atoms with Gasteiger partial charge in [-0.05, 0) is 55.8 Å². The third-order valence-corrected chi connectivity index (χ3v) is 6.47. The summed E-state index contributed by atoms with van der Waals surface area (Å²) in [5.74, 6) is 0.674. The van der Waals surface area contributed by atoms with E-state index in [1.165, 1.54) is 14.2 Å². The summed E-state index contributed by atoms with van der Waals surface area (Å²) in [7, 11) is 3.05. The molecule has 4 rings (SSSR count). The minimum Gasteiger partial charge on any atom is -0.494 e. The molecule has 1 N–H and O–H groups in total. The number of benzene rings is 2. The Morgan fingerprint density at radius 1 is 1.00 bits per heavy atom. The van der Waals surface area contributed by atoms with E-state index in [1.54, 1.807) is 54.8 Å². The van der Waals surface area contributed by atoms with Crippen LogP contribution in [0, 0.1) is 0 Å². The summed E-state index contributed by atoms with van der Waals surface area (Å²) >= 11 is 1.13. The maximum atomic E-state index is 13.6. The van der Waals surface area contributed by atoms with Crippen LogP contribution < -0.4 is 25.1 Å². The lowest BCUT2D eigenvalue weighted by Gasteiger charge is -2.11. The molecular formula is C27H27N3O7S. The van der Waals surface area contributed by atoms with Gasteiger partial charge in [0.1, 0.15) is 10.8 Å². The Morgan fingerprint density at radius 3 is 2.39 bits per heavy atom. The molecule has 2 aromatic heterocycles. The van der Waals surface area contributed by atoms with E-state index in [-0.39, 0.29) is 30.0 Å². The van der Waals surface area contributed by atoms with Crippen LogP contribution in [0.25, 0.3) is 16.5 Å². The van der Waals surface area contributed by atoms with Crippen LogP contribution in [-0.2, 0) is 16.0 Å². The second-order valence-corrected chi connectivity index (χ2v) is 8.86. The maximum absolute atomic E-state index is 13.6. The third-order valence-electron chi connectivity index (χ3n) is 5.58. The van der Waals surface area contributed by atoms with Gasteiger partial charge in [-0.1, -0.05) is 6.07 Å². The Balaban J connectivity index is 1.73. The topological polar surface area (TPSA) is 118 Å². The van der Waals surface area contributed by atoms with Gasteiger partial charge in [0.25, 0.3) is 5.56 Å². The lowest BCUT2D eigenvalue weighted by molar-refractivity contribution is -0.115. The van der Waals surface area contributed by atoms with E-state index >= 15 is 0 Å².